The summed E-state index contributed by atoms with van der Waals surface area (Å²) in [4.78, 5) is 11.7. The van der Waals surface area contributed by atoms with Gasteiger partial charge in [-0.2, -0.15) is 4.31 Å². The van der Waals surface area contributed by atoms with Crippen LogP contribution < -0.4 is 0 Å². The standard InChI is InChI=1S/C15H21NO5S/c1-10-7-13(15(17)20-4)5-6-14(10)22(18,19)16-8-12(3)21-9-11(16)2/h5-7,11-12H,8-9H2,1-4H3. The molecule has 2 unspecified atom stereocenters. The molecule has 1 heterocycles. The van der Waals surface area contributed by atoms with Gasteiger partial charge in [0.1, 0.15) is 0 Å². The van der Waals surface area contributed by atoms with Gasteiger partial charge in [-0.05, 0) is 44.5 Å². The van der Waals surface area contributed by atoms with Crippen molar-refractivity contribution in [3.8, 4) is 0 Å². The normalized spacial score (nSPS) is 23.3. The Kier molecular flexibility index (Phi) is 4.89. The molecule has 1 aliphatic heterocycles. The van der Waals surface area contributed by atoms with Crippen LogP contribution in [-0.2, 0) is 19.5 Å². The fourth-order valence-electron chi connectivity index (χ4n) is 2.52. The number of hydrogen-bond acceptors (Lipinski definition) is 5. The first-order valence-corrected chi connectivity index (χ1v) is 8.53. The van der Waals surface area contributed by atoms with Gasteiger partial charge in [0.25, 0.3) is 0 Å². The Morgan fingerprint density at radius 2 is 2.05 bits per heavy atom. The number of sulfonamides is 1. The van der Waals surface area contributed by atoms with Crippen molar-refractivity contribution in [1.82, 2.24) is 4.31 Å². The minimum absolute atomic E-state index is 0.138. The van der Waals surface area contributed by atoms with Crippen LogP contribution in [0.5, 0.6) is 0 Å². The fraction of sp³-hybridized carbons (Fsp3) is 0.533. The smallest absolute Gasteiger partial charge is 0.337 e. The summed E-state index contributed by atoms with van der Waals surface area (Å²) in [5.41, 5.74) is 0.858. The Morgan fingerprint density at radius 1 is 1.36 bits per heavy atom. The predicted molar refractivity (Wildman–Crippen MR) is 81.3 cm³/mol. The summed E-state index contributed by atoms with van der Waals surface area (Å²) in [6.45, 7) is 6.04. The van der Waals surface area contributed by atoms with Gasteiger partial charge in [0.05, 0.1) is 30.3 Å². The lowest BCUT2D eigenvalue weighted by Crippen LogP contribution is -2.50. The highest BCUT2D eigenvalue weighted by molar-refractivity contribution is 7.89. The van der Waals surface area contributed by atoms with Gasteiger partial charge in [0.15, 0.2) is 0 Å². The molecule has 22 heavy (non-hydrogen) atoms. The van der Waals surface area contributed by atoms with Crippen LogP contribution in [0.25, 0.3) is 0 Å². The summed E-state index contributed by atoms with van der Waals surface area (Å²) in [5, 5.41) is 0. The summed E-state index contributed by atoms with van der Waals surface area (Å²) < 4.78 is 37.3. The van der Waals surface area contributed by atoms with Crippen LogP contribution in [0.4, 0.5) is 0 Å². The molecular weight excluding hydrogens is 306 g/mol. The van der Waals surface area contributed by atoms with E-state index < -0.39 is 16.0 Å². The number of ether oxygens (including phenoxy) is 2. The van der Waals surface area contributed by atoms with E-state index in [-0.39, 0.29) is 17.0 Å². The third-order valence-electron chi connectivity index (χ3n) is 3.73. The molecule has 0 saturated carbocycles. The van der Waals surface area contributed by atoms with E-state index in [4.69, 9.17) is 4.74 Å². The zero-order valence-corrected chi connectivity index (χ0v) is 14.0. The maximum absolute atomic E-state index is 12.9. The van der Waals surface area contributed by atoms with Gasteiger partial charge in [-0.15, -0.1) is 0 Å². The third kappa shape index (κ3) is 3.16. The zero-order chi connectivity index (χ0) is 16.5. The third-order valence-corrected chi connectivity index (χ3v) is 5.87. The highest BCUT2D eigenvalue weighted by atomic mass is 32.2. The molecule has 1 saturated heterocycles. The van der Waals surface area contributed by atoms with E-state index in [0.717, 1.165) is 0 Å². The summed E-state index contributed by atoms with van der Waals surface area (Å²) in [6.07, 6.45) is -0.138. The fourth-order valence-corrected chi connectivity index (χ4v) is 4.42. The van der Waals surface area contributed by atoms with Gasteiger partial charge >= 0.3 is 5.97 Å². The van der Waals surface area contributed by atoms with E-state index in [1.54, 1.807) is 6.92 Å². The number of methoxy groups -OCH3 is 1. The van der Waals surface area contributed by atoms with Crippen LogP contribution in [0.1, 0.15) is 29.8 Å². The molecule has 1 fully saturated rings. The van der Waals surface area contributed by atoms with Crippen molar-refractivity contribution in [2.75, 3.05) is 20.3 Å². The molecular formula is C15H21NO5S. The van der Waals surface area contributed by atoms with Crippen LogP contribution >= 0.6 is 0 Å². The topological polar surface area (TPSA) is 72.9 Å². The first-order valence-electron chi connectivity index (χ1n) is 7.09. The van der Waals surface area contributed by atoms with Crippen molar-refractivity contribution >= 4 is 16.0 Å². The monoisotopic (exact) mass is 327 g/mol. The van der Waals surface area contributed by atoms with Crippen LogP contribution in [0.2, 0.25) is 0 Å². The largest absolute Gasteiger partial charge is 0.465 e. The number of esters is 1. The highest BCUT2D eigenvalue weighted by Crippen LogP contribution is 2.25. The van der Waals surface area contributed by atoms with E-state index in [1.165, 1.54) is 29.6 Å². The van der Waals surface area contributed by atoms with Crippen LogP contribution in [-0.4, -0.2) is 51.1 Å². The second kappa shape index (κ2) is 6.36. The zero-order valence-electron chi connectivity index (χ0n) is 13.2. The van der Waals surface area contributed by atoms with E-state index >= 15 is 0 Å². The number of carbonyl (C=O) groups excluding carboxylic acids is 1. The van der Waals surface area contributed by atoms with Crippen molar-refractivity contribution in [3.63, 3.8) is 0 Å². The number of aryl methyl sites for hydroxylation is 1. The first-order chi connectivity index (χ1) is 10.3. The Morgan fingerprint density at radius 3 is 2.64 bits per heavy atom. The molecule has 0 bridgehead atoms. The lowest BCUT2D eigenvalue weighted by Gasteiger charge is -2.36. The van der Waals surface area contributed by atoms with Crippen molar-refractivity contribution < 1.29 is 22.7 Å². The van der Waals surface area contributed by atoms with Gasteiger partial charge in [0.2, 0.25) is 10.0 Å². The molecule has 0 amide bonds. The molecule has 1 aromatic carbocycles. The van der Waals surface area contributed by atoms with Gasteiger partial charge in [0, 0.05) is 12.6 Å². The molecule has 122 valence electrons. The molecule has 0 aliphatic carbocycles. The van der Waals surface area contributed by atoms with Crippen molar-refractivity contribution in [3.05, 3.63) is 29.3 Å². The molecule has 0 N–H and O–H groups in total. The van der Waals surface area contributed by atoms with Gasteiger partial charge in [-0.25, -0.2) is 13.2 Å². The van der Waals surface area contributed by atoms with Crippen molar-refractivity contribution in [2.24, 2.45) is 0 Å². The van der Waals surface area contributed by atoms with Crippen LogP contribution in [0, 0.1) is 6.92 Å². The van der Waals surface area contributed by atoms with E-state index in [9.17, 15) is 13.2 Å². The lowest BCUT2D eigenvalue weighted by atomic mass is 10.1. The summed E-state index contributed by atoms with van der Waals surface area (Å²) in [6, 6.07) is 4.25. The molecule has 0 aromatic heterocycles. The number of benzene rings is 1. The molecule has 1 aliphatic rings. The Balaban J connectivity index is 2.39. The molecule has 0 spiro atoms. The molecule has 1 aromatic rings. The van der Waals surface area contributed by atoms with Gasteiger partial charge < -0.3 is 9.47 Å². The predicted octanol–water partition coefficient (Wildman–Crippen LogP) is 1.58. The molecule has 0 radical (unpaired) electrons. The van der Waals surface area contributed by atoms with Gasteiger partial charge in [-0.1, -0.05) is 0 Å². The van der Waals surface area contributed by atoms with Crippen molar-refractivity contribution in [1.29, 1.82) is 0 Å². The Bertz CT molecular complexity index is 671. The average molecular weight is 327 g/mol. The molecule has 7 heteroatoms. The molecule has 2 atom stereocenters. The first kappa shape index (κ1) is 16.9. The molecule has 2 rings (SSSR count). The van der Waals surface area contributed by atoms with Crippen molar-refractivity contribution in [2.45, 2.75) is 37.8 Å². The number of carbonyl (C=O) groups is 1. The van der Waals surface area contributed by atoms with E-state index in [2.05, 4.69) is 4.74 Å². The maximum atomic E-state index is 12.9. The van der Waals surface area contributed by atoms with E-state index in [1.807, 2.05) is 13.8 Å². The number of morpholine rings is 1. The minimum Gasteiger partial charge on any atom is -0.465 e. The number of hydrogen-bond donors (Lipinski definition) is 0. The molecule has 6 nitrogen and oxygen atoms in total. The maximum Gasteiger partial charge on any atom is 0.337 e. The highest BCUT2D eigenvalue weighted by Gasteiger charge is 2.35. The van der Waals surface area contributed by atoms with Crippen LogP contribution in [0.15, 0.2) is 23.1 Å². The average Bonchev–Trinajstić information content (AvgIpc) is 2.48. The quantitative estimate of drug-likeness (QED) is 0.788. The van der Waals surface area contributed by atoms with Crippen LogP contribution in [0.3, 0.4) is 0 Å². The lowest BCUT2D eigenvalue weighted by molar-refractivity contribution is -0.0170. The Labute approximate surface area is 131 Å². The second-order valence-electron chi connectivity index (χ2n) is 5.54. The summed E-state index contributed by atoms with van der Waals surface area (Å²) >= 11 is 0. The number of rotatable bonds is 3. The minimum atomic E-state index is -3.62. The Hall–Kier alpha value is -1.44. The summed E-state index contributed by atoms with van der Waals surface area (Å²) in [7, 11) is -2.33. The summed E-state index contributed by atoms with van der Waals surface area (Å²) in [5.74, 6) is -0.486. The SMILES string of the molecule is COC(=O)c1ccc(S(=O)(=O)N2CC(C)OCC2C)c(C)c1. The van der Waals surface area contributed by atoms with Gasteiger partial charge in [-0.3, -0.25) is 0 Å². The number of nitrogens with zero attached hydrogens (tertiary/aromatic N) is 1. The van der Waals surface area contributed by atoms with E-state index in [0.29, 0.717) is 24.3 Å². The second-order valence-corrected chi connectivity index (χ2v) is 7.40.